The van der Waals surface area contributed by atoms with Gasteiger partial charge >= 0.3 is 0 Å². The van der Waals surface area contributed by atoms with Gasteiger partial charge in [0.15, 0.2) is 0 Å². The lowest BCUT2D eigenvalue weighted by Gasteiger charge is -1.91. The van der Waals surface area contributed by atoms with Crippen LogP contribution in [-0.4, -0.2) is 11.6 Å². The van der Waals surface area contributed by atoms with Crippen molar-refractivity contribution in [3.63, 3.8) is 0 Å². The molecule has 1 rings (SSSR count). The number of nitrogens with one attached hydrogen (secondary N) is 1. The number of H-pyrrole nitrogens is 1. The maximum absolute atomic E-state index is 9.30. The summed E-state index contributed by atoms with van der Waals surface area (Å²) >= 11 is 0. The van der Waals surface area contributed by atoms with Crippen molar-refractivity contribution in [2.45, 2.75) is 39.5 Å². The molecule has 14 heavy (non-hydrogen) atoms. The van der Waals surface area contributed by atoms with Gasteiger partial charge in [0.05, 0.1) is 7.05 Å². The van der Waals surface area contributed by atoms with E-state index in [9.17, 15) is 5.11 Å². The summed E-state index contributed by atoms with van der Waals surface area (Å²) in [5.74, 6) is 1.32. The maximum Gasteiger partial charge on any atom is 0.253 e. The molecule has 0 saturated heterocycles. The lowest BCUT2D eigenvalue weighted by molar-refractivity contribution is -0.677. The van der Waals surface area contributed by atoms with Gasteiger partial charge in [-0.15, -0.1) is 6.61 Å². The topological polar surface area (TPSA) is 42.7 Å². The van der Waals surface area contributed by atoms with Crippen molar-refractivity contribution < 1.29 is 9.67 Å². The summed E-state index contributed by atoms with van der Waals surface area (Å²) in [6.45, 7) is 4.15. The van der Waals surface area contributed by atoms with Crippen LogP contribution in [0.3, 0.4) is 0 Å². The molecule has 1 aromatic rings. The molecule has 1 N–H and O–H groups in total. The third-order valence-corrected chi connectivity index (χ3v) is 1.95. The molecule has 0 saturated carbocycles. The Hall–Kier alpha value is -0.830. The summed E-state index contributed by atoms with van der Waals surface area (Å²) in [4.78, 5) is 3.20. The number of unbranched alkanes of at least 4 members (excludes halogenated alkanes) is 1. The summed E-state index contributed by atoms with van der Waals surface area (Å²) in [5, 5.41) is 9.30. The zero-order chi connectivity index (χ0) is 10.8. The van der Waals surface area contributed by atoms with E-state index >= 15 is 0 Å². The van der Waals surface area contributed by atoms with Crippen molar-refractivity contribution in [1.29, 1.82) is 0 Å². The average Bonchev–Trinajstić information content (AvgIpc) is 2.61. The second kappa shape index (κ2) is 8.75. The highest BCUT2D eigenvalue weighted by molar-refractivity contribution is 4.76. The van der Waals surface area contributed by atoms with Crippen LogP contribution in [0.1, 0.15) is 38.9 Å². The average molecular weight is 198 g/mol. The first-order valence-corrected chi connectivity index (χ1v) is 5.36. The molecule has 0 bridgehead atoms. The number of aromatic nitrogens is 2. The van der Waals surface area contributed by atoms with Crippen LogP contribution in [0.2, 0.25) is 0 Å². The molecule has 0 aliphatic heterocycles. The summed E-state index contributed by atoms with van der Waals surface area (Å²) in [6.07, 6.45) is 8.49. The van der Waals surface area contributed by atoms with E-state index in [4.69, 9.17) is 0 Å². The van der Waals surface area contributed by atoms with Crippen LogP contribution in [0, 0.1) is 0 Å². The van der Waals surface area contributed by atoms with Crippen molar-refractivity contribution in [2.24, 2.45) is 7.05 Å². The van der Waals surface area contributed by atoms with Crippen molar-refractivity contribution in [3.8, 4) is 0 Å². The highest BCUT2D eigenvalue weighted by Crippen LogP contribution is 1.94. The molecule has 82 valence electrons. The normalized spacial score (nSPS) is 9.43. The van der Waals surface area contributed by atoms with Crippen LogP contribution in [0.5, 0.6) is 0 Å². The molecule has 0 unspecified atom stereocenters. The Balaban J connectivity index is 0.000000364. The lowest BCUT2D eigenvalue weighted by Crippen LogP contribution is -2.30. The fourth-order valence-electron chi connectivity index (χ4n) is 1.03. The quantitative estimate of drug-likeness (QED) is 0.719. The number of imidazole rings is 1. The zero-order valence-corrected chi connectivity index (χ0v) is 9.55. The van der Waals surface area contributed by atoms with E-state index < -0.39 is 0 Å². The number of hydrogen-bond donors (Lipinski definition) is 1. The fraction of sp³-hybridized carbons (Fsp3) is 0.727. The molecule has 0 aromatic carbocycles. The first-order valence-electron chi connectivity index (χ1n) is 5.36. The number of hydrogen-bond acceptors (Lipinski definition) is 1. The van der Waals surface area contributed by atoms with E-state index in [1.54, 1.807) is 0 Å². The highest BCUT2D eigenvalue weighted by atomic mass is 16.2. The van der Waals surface area contributed by atoms with Gasteiger partial charge < -0.3 is 5.11 Å². The van der Waals surface area contributed by atoms with Gasteiger partial charge in [0.1, 0.15) is 12.4 Å². The largest absolute Gasteiger partial charge is 0.854 e. The summed E-state index contributed by atoms with van der Waals surface area (Å²) in [6, 6.07) is 0. The van der Waals surface area contributed by atoms with E-state index in [1.165, 1.54) is 25.1 Å². The second-order valence-electron chi connectivity index (χ2n) is 3.33. The fourth-order valence-corrected chi connectivity index (χ4v) is 1.03. The van der Waals surface area contributed by atoms with Crippen LogP contribution in [-0.2, 0) is 13.5 Å². The Morgan fingerprint density at radius 1 is 1.36 bits per heavy atom. The number of aryl methyl sites for hydroxylation is 2. The van der Waals surface area contributed by atoms with Crippen LogP contribution in [0.4, 0.5) is 0 Å². The molecule has 1 aromatic heterocycles. The minimum Gasteiger partial charge on any atom is -0.854 e. The molecule has 0 atom stereocenters. The number of aromatic amines is 1. The summed E-state index contributed by atoms with van der Waals surface area (Å²) in [7, 11) is 2.07. The second-order valence-corrected chi connectivity index (χ2v) is 3.33. The SMILES string of the molecule is CCCCc1[nH]cc[n+]1C.CCC[O-]. The predicted octanol–water partition coefficient (Wildman–Crippen LogP) is 0.938. The molecule has 0 aliphatic rings. The molecule has 3 heteroatoms. The van der Waals surface area contributed by atoms with Gasteiger partial charge in [-0.2, -0.15) is 0 Å². The van der Waals surface area contributed by atoms with Crippen LogP contribution in [0.15, 0.2) is 12.4 Å². The summed E-state index contributed by atoms with van der Waals surface area (Å²) < 4.78 is 2.13. The smallest absolute Gasteiger partial charge is 0.253 e. The van der Waals surface area contributed by atoms with Gasteiger partial charge in [0.25, 0.3) is 5.82 Å². The third kappa shape index (κ3) is 5.75. The first-order chi connectivity index (χ1) is 6.76. The maximum atomic E-state index is 9.30. The molecule has 0 radical (unpaired) electrons. The van der Waals surface area contributed by atoms with Crippen LogP contribution >= 0.6 is 0 Å². The highest BCUT2D eigenvalue weighted by Gasteiger charge is 2.03. The van der Waals surface area contributed by atoms with Crippen LogP contribution in [0.25, 0.3) is 0 Å². The molecule has 0 fully saturated rings. The van der Waals surface area contributed by atoms with Crippen molar-refractivity contribution >= 4 is 0 Å². The third-order valence-electron chi connectivity index (χ3n) is 1.95. The Bertz CT molecular complexity index is 219. The Kier molecular flexibility index (Phi) is 8.24. The zero-order valence-electron chi connectivity index (χ0n) is 9.55. The standard InChI is InChI=1S/C8H14N2.C3H7O/c1-3-4-5-8-9-6-7-10(8)2;1-2-3-4/h6-7H,3-5H2,1-2H3;2-3H2,1H3/q;-1/p+1. The van der Waals surface area contributed by atoms with Crippen molar-refractivity contribution in [1.82, 2.24) is 4.98 Å². The molecule has 3 nitrogen and oxygen atoms in total. The van der Waals surface area contributed by atoms with Gasteiger partial charge in [0, 0.05) is 6.42 Å². The molecule has 0 aliphatic carbocycles. The van der Waals surface area contributed by atoms with Crippen molar-refractivity contribution in [3.05, 3.63) is 18.2 Å². The van der Waals surface area contributed by atoms with Gasteiger partial charge in [0.2, 0.25) is 0 Å². The molecular weight excluding hydrogens is 176 g/mol. The molecule has 0 spiro atoms. The predicted molar refractivity (Wildman–Crippen MR) is 55.7 cm³/mol. The van der Waals surface area contributed by atoms with E-state index in [1.807, 2.05) is 19.3 Å². The van der Waals surface area contributed by atoms with Crippen molar-refractivity contribution in [2.75, 3.05) is 6.61 Å². The molecule has 1 heterocycles. The van der Waals surface area contributed by atoms with E-state index in [0.717, 1.165) is 6.42 Å². The Morgan fingerprint density at radius 2 is 2.00 bits per heavy atom. The molecular formula is C11H22N2O. The Labute approximate surface area is 86.8 Å². The Morgan fingerprint density at radius 3 is 2.36 bits per heavy atom. The molecule has 0 amide bonds. The first kappa shape index (κ1) is 13.2. The summed E-state index contributed by atoms with van der Waals surface area (Å²) in [5.41, 5.74) is 0. The van der Waals surface area contributed by atoms with E-state index in [-0.39, 0.29) is 6.61 Å². The monoisotopic (exact) mass is 198 g/mol. The van der Waals surface area contributed by atoms with E-state index in [2.05, 4.69) is 23.5 Å². The van der Waals surface area contributed by atoms with Crippen LogP contribution < -0.4 is 9.67 Å². The van der Waals surface area contributed by atoms with Gasteiger partial charge in [-0.3, -0.25) is 0 Å². The number of rotatable bonds is 4. The van der Waals surface area contributed by atoms with E-state index in [0.29, 0.717) is 0 Å². The number of nitrogens with zero attached hydrogens (tertiary/aromatic N) is 1. The minimum atomic E-state index is 0.0694. The van der Waals surface area contributed by atoms with Gasteiger partial charge in [-0.05, 0) is 6.42 Å². The van der Waals surface area contributed by atoms with Gasteiger partial charge in [-0.25, -0.2) is 9.55 Å². The lowest BCUT2D eigenvalue weighted by atomic mass is 10.2. The minimum absolute atomic E-state index is 0.0694. The van der Waals surface area contributed by atoms with Gasteiger partial charge in [-0.1, -0.05) is 26.7 Å².